The fourth-order valence-electron chi connectivity index (χ4n) is 6.05. The lowest BCUT2D eigenvalue weighted by Gasteiger charge is -2.40. The summed E-state index contributed by atoms with van der Waals surface area (Å²) in [5, 5.41) is 22.7. The van der Waals surface area contributed by atoms with Gasteiger partial charge >= 0.3 is 0 Å². The van der Waals surface area contributed by atoms with E-state index in [2.05, 4.69) is 0 Å². The van der Waals surface area contributed by atoms with Crippen LogP contribution in [0.4, 0.5) is 0 Å². The van der Waals surface area contributed by atoms with Gasteiger partial charge in [-0.05, 0) is 87.8 Å². The maximum absolute atomic E-state index is 11.3. The highest BCUT2D eigenvalue weighted by Gasteiger charge is 2.42. The van der Waals surface area contributed by atoms with Crippen LogP contribution in [0.5, 0.6) is 23.0 Å². The summed E-state index contributed by atoms with van der Waals surface area (Å²) in [7, 11) is 0. The highest BCUT2D eigenvalue weighted by Crippen LogP contribution is 2.47. The van der Waals surface area contributed by atoms with Gasteiger partial charge in [0.1, 0.15) is 23.0 Å². The van der Waals surface area contributed by atoms with Crippen LogP contribution in [0.2, 0.25) is 0 Å². The van der Waals surface area contributed by atoms with E-state index in [1.807, 2.05) is 36.4 Å². The van der Waals surface area contributed by atoms with Crippen molar-refractivity contribution in [3.63, 3.8) is 0 Å². The van der Waals surface area contributed by atoms with Crippen LogP contribution in [-0.4, -0.2) is 35.6 Å². The molecule has 0 unspecified atom stereocenters. The van der Waals surface area contributed by atoms with Crippen molar-refractivity contribution in [1.29, 1.82) is 0 Å². The van der Waals surface area contributed by atoms with Gasteiger partial charge in [-0.2, -0.15) is 0 Å². The molecule has 0 radical (unpaired) electrons. The first-order valence-corrected chi connectivity index (χ1v) is 12.9. The van der Waals surface area contributed by atoms with Gasteiger partial charge in [-0.1, -0.05) is 0 Å². The molecule has 4 atom stereocenters. The lowest BCUT2D eigenvalue weighted by Crippen LogP contribution is -2.40. The minimum atomic E-state index is -0.765. The summed E-state index contributed by atoms with van der Waals surface area (Å²) in [6.07, 6.45) is 8.12. The monoisotopic (exact) mass is 466 g/mol. The number of hydrogen-bond donors (Lipinski definition) is 2. The van der Waals surface area contributed by atoms with Crippen LogP contribution in [0, 0.1) is 11.8 Å². The Bertz CT molecular complexity index is 928. The molecular weight excluding hydrogens is 432 g/mol. The summed E-state index contributed by atoms with van der Waals surface area (Å²) in [5.74, 6) is 2.32. The third-order valence-corrected chi connectivity index (χ3v) is 8.03. The van der Waals surface area contributed by atoms with Crippen molar-refractivity contribution in [3.05, 3.63) is 47.5 Å². The van der Waals surface area contributed by atoms with Crippen molar-refractivity contribution in [2.75, 3.05) is 13.2 Å². The zero-order chi connectivity index (χ0) is 23.1. The second-order valence-corrected chi connectivity index (χ2v) is 10.3. The van der Waals surface area contributed by atoms with Crippen molar-refractivity contribution in [1.82, 2.24) is 0 Å². The molecule has 0 saturated heterocycles. The SMILES string of the molecule is O[C@@H]1c2cc(OC3CCCC3)ccc2OC[C@@H]1[C@@H]1COc2ccc(OC3CCCC3)cc2[C@@H]1O. The molecule has 2 aromatic carbocycles. The van der Waals surface area contributed by atoms with Crippen molar-refractivity contribution < 1.29 is 29.2 Å². The van der Waals surface area contributed by atoms with Crippen molar-refractivity contribution in [2.45, 2.75) is 75.8 Å². The molecular formula is C28H34O6. The molecule has 0 aromatic heterocycles. The number of aliphatic hydroxyl groups is 2. The minimum absolute atomic E-state index is 0.251. The number of benzene rings is 2. The van der Waals surface area contributed by atoms with Crippen LogP contribution >= 0.6 is 0 Å². The van der Waals surface area contributed by atoms with Gasteiger partial charge in [-0.15, -0.1) is 0 Å². The lowest BCUT2D eigenvalue weighted by atomic mass is 9.77. The Labute approximate surface area is 200 Å². The van der Waals surface area contributed by atoms with Gasteiger partial charge in [0.05, 0.1) is 37.6 Å². The molecule has 2 aromatic rings. The summed E-state index contributed by atoms with van der Waals surface area (Å²) in [6.45, 7) is 0.658. The minimum Gasteiger partial charge on any atom is -0.493 e. The molecule has 34 heavy (non-hydrogen) atoms. The largest absolute Gasteiger partial charge is 0.493 e. The van der Waals surface area contributed by atoms with Crippen LogP contribution < -0.4 is 18.9 Å². The average Bonchev–Trinajstić information content (AvgIpc) is 3.55. The molecule has 6 rings (SSSR count). The van der Waals surface area contributed by atoms with Crippen LogP contribution in [0.1, 0.15) is 74.7 Å². The van der Waals surface area contributed by atoms with Gasteiger partial charge in [0.15, 0.2) is 0 Å². The van der Waals surface area contributed by atoms with Gasteiger partial charge in [-0.25, -0.2) is 0 Å². The second kappa shape index (κ2) is 9.31. The van der Waals surface area contributed by atoms with E-state index in [9.17, 15) is 10.2 Å². The highest BCUT2D eigenvalue weighted by molar-refractivity contribution is 5.45. The fraction of sp³-hybridized carbons (Fsp3) is 0.571. The Kier molecular flexibility index (Phi) is 6.04. The predicted octanol–water partition coefficient (Wildman–Crippen LogP) is 5.11. The van der Waals surface area contributed by atoms with Gasteiger partial charge in [0.2, 0.25) is 0 Å². The van der Waals surface area contributed by atoms with Gasteiger partial charge in [0, 0.05) is 23.0 Å². The molecule has 4 aliphatic rings. The van der Waals surface area contributed by atoms with E-state index >= 15 is 0 Å². The first kappa shape index (κ1) is 22.1. The van der Waals surface area contributed by atoms with Crippen LogP contribution in [0.15, 0.2) is 36.4 Å². The molecule has 0 bridgehead atoms. The average molecular weight is 467 g/mol. The summed E-state index contributed by atoms with van der Waals surface area (Å²) in [4.78, 5) is 0. The molecule has 6 nitrogen and oxygen atoms in total. The summed E-state index contributed by atoms with van der Waals surface area (Å²) in [6, 6.07) is 11.4. The smallest absolute Gasteiger partial charge is 0.125 e. The predicted molar refractivity (Wildman–Crippen MR) is 127 cm³/mol. The molecule has 6 heteroatoms. The summed E-state index contributed by atoms with van der Waals surface area (Å²) >= 11 is 0. The van der Waals surface area contributed by atoms with Crippen molar-refractivity contribution in [2.24, 2.45) is 11.8 Å². The molecule has 2 aliphatic heterocycles. The van der Waals surface area contributed by atoms with Gasteiger partial charge < -0.3 is 29.2 Å². The highest BCUT2D eigenvalue weighted by atomic mass is 16.5. The van der Waals surface area contributed by atoms with E-state index < -0.39 is 12.2 Å². The Morgan fingerprint density at radius 1 is 0.618 bits per heavy atom. The maximum Gasteiger partial charge on any atom is 0.125 e. The third kappa shape index (κ3) is 4.22. The molecule has 2 N–H and O–H groups in total. The fourth-order valence-corrected chi connectivity index (χ4v) is 6.05. The molecule has 182 valence electrons. The first-order chi connectivity index (χ1) is 16.7. The van der Waals surface area contributed by atoms with E-state index in [1.54, 1.807) is 0 Å². The number of fused-ring (bicyclic) bond motifs is 2. The zero-order valence-electron chi connectivity index (χ0n) is 19.5. The Morgan fingerprint density at radius 2 is 1.03 bits per heavy atom. The third-order valence-electron chi connectivity index (χ3n) is 8.03. The molecule has 2 heterocycles. The van der Waals surface area contributed by atoms with E-state index in [0.29, 0.717) is 24.7 Å². The molecule has 2 saturated carbocycles. The standard InChI is InChI=1S/C28H34O6/c29-27-21-13-19(33-17-5-1-2-6-17)9-11-25(21)31-15-23(27)24-16-32-26-12-10-20(14-22(26)28(24)30)34-18-7-3-4-8-18/h9-14,17-18,23-24,27-30H,1-8,15-16H2/t23-,24+,27-,28+. The van der Waals surface area contributed by atoms with Crippen LogP contribution in [0.25, 0.3) is 0 Å². The van der Waals surface area contributed by atoms with E-state index in [4.69, 9.17) is 18.9 Å². The Morgan fingerprint density at radius 3 is 1.44 bits per heavy atom. The Balaban J connectivity index is 1.20. The maximum atomic E-state index is 11.3. The Hall–Kier alpha value is -2.44. The topological polar surface area (TPSA) is 77.4 Å². The van der Waals surface area contributed by atoms with Crippen molar-refractivity contribution >= 4 is 0 Å². The molecule has 2 aliphatic carbocycles. The zero-order valence-corrected chi connectivity index (χ0v) is 19.5. The van der Waals surface area contributed by atoms with E-state index in [1.165, 1.54) is 25.7 Å². The molecule has 0 spiro atoms. The van der Waals surface area contributed by atoms with Gasteiger partial charge in [-0.3, -0.25) is 0 Å². The van der Waals surface area contributed by atoms with Crippen LogP contribution in [-0.2, 0) is 0 Å². The van der Waals surface area contributed by atoms with Gasteiger partial charge in [0.25, 0.3) is 0 Å². The number of aliphatic hydroxyl groups excluding tert-OH is 2. The quantitative estimate of drug-likeness (QED) is 0.637. The number of rotatable bonds is 5. The normalized spacial score (nSPS) is 29.1. The van der Waals surface area contributed by atoms with Crippen molar-refractivity contribution in [3.8, 4) is 23.0 Å². The molecule has 2 fully saturated rings. The van der Waals surface area contributed by atoms with Crippen LogP contribution in [0.3, 0.4) is 0 Å². The summed E-state index contributed by atoms with van der Waals surface area (Å²) in [5.41, 5.74) is 1.45. The summed E-state index contributed by atoms with van der Waals surface area (Å²) < 4.78 is 24.4. The first-order valence-electron chi connectivity index (χ1n) is 12.9. The number of ether oxygens (including phenoxy) is 4. The second-order valence-electron chi connectivity index (χ2n) is 10.3. The van der Waals surface area contributed by atoms with E-state index in [0.717, 1.165) is 48.3 Å². The molecule has 0 amide bonds. The number of hydrogen-bond acceptors (Lipinski definition) is 6. The van der Waals surface area contributed by atoms with E-state index in [-0.39, 0.29) is 24.0 Å². The lowest BCUT2D eigenvalue weighted by molar-refractivity contribution is -0.0553.